The van der Waals surface area contributed by atoms with Crippen LogP contribution in [0.5, 0.6) is 0 Å². The van der Waals surface area contributed by atoms with Gasteiger partial charge in [0, 0.05) is 20.7 Å². The van der Waals surface area contributed by atoms with Crippen molar-refractivity contribution in [2.75, 3.05) is 5.32 Å². The lowest BCUT2D eigenvalue weighted by Gasteiger charge is -2.11. The first-order chi connectivity index (χ1) is 14.0. The minimum atomic E-state index is -1.14. The number of amides is 1. The van der Waals surface area contributed by atoms with Gasteiger partial charge < -0.3 is 10.4 Å². The summed E-state index contributed by atoms with van der Waals surface area (Å²) in [7, 11) is 0. The van der Waals surface area contributed by atoms with E-state index in [1.54, 1.807) is 18.2 Å². The van der Waals surface area contributed by atoms with Gasteiger partial charge in [0.2, 0.25) is 0 Å². The molecule has 4 nitrogen and oxygen atoms in total. The zero-order valence-electron chi connectivity index (χ0n) is 14.8. The number of halogens is 2. The van der Waals surface area contributed by atoms with Crippen molar-refractivity contribution in [1.82, 2.24) is 0 Å². The highest BCUT2D eigenvalue weighted by Gasteiger charge is 2.20. The Kier molecular flexibility index (Phi) is 5.28. The summed E-state index contributed by atoms with van der Waals surface area (Å²) in [6, 6.07) is 19.4. The molecule has 1 amide bonds. The van der Waals surface area contributed by atoms with Crippen molar-refractivity contribution in [2.45, 2.75) is 0 Å². The second-order valence-electron chi connectivity index (χ2n) is 6.24. The summed E-state index contributed by atoms with van der Waals surface area (Å²) < 4.78 is 0.880. The Balaban J connectivity index is 1.75. The van der Waals surface area contributed by atoms with E-state index in [4.69, 9.17) is 23.2 Å². The molecule has 29 heavy (non-hydrogen) atoms. The summed E-state index contributed by atoms with van der Waals surface area (Å²) in [6.45, 7) is 0. The maximum absolute atomic E-state index is 12.9. The molecule has 0 aliphatic carbocycles. The standard InChI is InChI=1S/C22H13Cl2NO3S/c23-16-7-3-1-5-13(16)12-9-10-14(22(27)28)17(11-12)25-21(26)20-19(24)15-6-2-4-8-18(15)29-20/h1-11H,(H,25,26)(H,27,28). The molecule has 0 spiro atoms. The number of thiophene rings is 1. The molecule has 144 valence electrons. The first kappa shape index (κ1) is 19.5. The Hall–Kier alpha value is -2.86. The van der Waals surface area contributed by atoms with E-state index < -0.39 is 11.9 Å². The van der Waals surface area contributed by atoms with Crippen molar-refractivity contribution < 1.29 is 14.7 Å². The van der Waals surface area contributed by atoms with Gasteiger partial charge in [-0.2, -0.15) is 0 Å². The third kappa shape index (κ3) is 3.72. The van der Waals surface area contributed by atoms with Crippen molar-refractivity contribution in [1.29, 1.82) is 0 Å². The quantitative estimate of drug-likeness (QED) is 0.364. The van der Waals surface area contributed by atoms with Crippen LogP contribution >= 0.6 is 34.5 Å². The molecule has 4 rings (SSSR count). The molecule has 7 heteroatoms. The van der Waals surface area contributed by atoms with Gasteiger partial charge in [0.05, 0.1) is 16.3 Å². The van der Waals surface area contributed by atoms with Gasteiger partial charge in [0.1, 0.15) is 4.88 Å². The molecule has 0 fully saturated rings. The van der Waals surface area contributed by atoms with Crippen molar-refractivity contribution in [2.24, 2.45) is 0 Å². The molecule has 0 aliphatic rings. The molecule has 4 aromatic rings. The lowest BCUT2D eigenvalue weighted by molar-refractivity contribution is 0.0698. The number of carbonyl (C=O) groups excluding carboxylic acids is 1. The van der Waals surface area contributed by atoms with Crippen LogP contribution in [-0.2, 0) is 0 Å². The summed E-state index contributed by atoms with van der Waals surface area (Å²) in [5, 5.41) is 13.9. The van der Waals surface area contributed by atoms with E-state index in [1.165, 1.54) is 17.4 Å². The van der Waals surface area contributed by atoms with Crippen LogP contribution in [0, 0.1) is 0 Å². The highest BCUT2D eigenvalue weighted by Crippen LogP contribution is 2.36. The number of nitrogens with one attached hydrogen (secondary N) is 1. The molecule has 0 saturated carbocycles. The lowest BCUT2D eigenvalue weighted by atomic mass is 10.0. The molecule has 3 aromatic carbocycles. The van der Waals surface area contributed by atoms with Crippen molar-refractivity contribution in [3.8, 4) is 11.1 Å². The fourth-order valence-corrected chi connectivity index (χ4v) is 4.69. The lowest BCUT2D eigenvalue weighted by Crippen LogP contribution is -2.14. The number of carboxylic acids is 1. The number of benzene rings is 3. The smallest absolute Gasteiger partial charge is 0.337 e. The van der Waals surface area contributed by atoms with E-state index in [0.717, 1.165) is 15.6 Å². The number of carboxylic acid groups (broad SMARTS) is 1. The third-order valence-electron chi connectivity index (χ3n) is 4.42. The summed E-state index contributed by atoms with van der Waals surface area (Å²) in [4.78, 5) is 24.9. The van der Waals surface area contributed by atoms with Crippen LogP contribution in [0.1, 0.15) is 20.0 Å². The molecule has 0 bridgehead atoms. The number of rotatable bonds is 4. The Morgan fingerprint density at radius 3 is 2.38 bits per heavy atom. The summed E-state index contributed by atoms with van der Waals surface area (Å²) >= 11 is 13.9. The molecule has 1 heterocycles. The van der Waals surface area contributed by atoms with Crippen LogP contribution in [0.4, 0.5) is 5.69 Å². The first-order valence-electron chi connectivity index (χ1n) is 8.56. The maximum atomic E-state index is 12.9. The van der Waals surface area contributed by atoms with E-state index in [2.05, 4.69) is 5.32 Å². The molecule has 2 N–H and O–H groups in total. The average Bonchev–Trinajstić information content (AvgIpc) is 3.05. The van der Waals surface area contributed by atoms with Crippen LogP contribution in [0.15, 0.2) is 66.7 Å². The van der Waals surface area contributed by atoms with Gasteiger partial charge in [-0.1, -0.05) is 65.7 Å². The van der Waals surface area contributed by atoms with Crippen molar-refractivity contribution >= 4 is 62.2 Å². The number of fused-ring (bicyclic) bond motifs is 1. The van der Waals surface area contributed by atoms with Gasteiger partial charge in [0.25, 0.3) is 5.91 Å². The number of hydrogen-bond donors (Lipinski definition) is 2. The summed E-state index contributed by atoms with van der Waals surface area (Å²) in [5.74, 6) is -1.61. The summed E-state index contributed by atoms with van der Waals surface area (Å²) in [5.41, 5.74) is 1.58. The van der Waals surface area contributed by atoms with E-state index in [9.17, 15) is 14.7 Å². The molecular weight excluding hydrogens is 429 g/mol. The fourth-order valence-electron chi connectivity index (χ4n) is 3.04. The maximum Gasteiger partial charge on any atom is 0.337 e. The minimum absolute atomic E-state index is 0.0219. The van der Waals surface area contributed by atoms with Crippen LogP contribution in [0.3, 0.4) is 0 Å². The van der Waals surface area contributed by atoms with Crippen LogP contribution < -0.4 is 5.32 Å². The Labute approximate surface area is 180 Å². The largest absolute Gasteiger partial charge is 0.478 e. The minimum Gasteiger partial charge on any atom is -0.478 e. The third-order valence-corrected chi connectivity index (χ3v) is 6.43. The topological polar surface area (TPSA) is 66.4 Å². The van der Waals surface area contributed by atoms with E-state index >= 15 is 0 Å². The highest BCUT2D eigenvalue weighted by atomic mass is 35.5. The Morgan fingerprint density at radius 1 is 0.931 bits per heavy atom. The molecule has 0 unspecified atom stereocenters. The second kappa shape index (κ2) is 7.87. The number of aromatic carboxylic acids is 1. The SMILES string of the molecule is O=C(O)c1ccc(-c2ccccc2Cl)cc1NC(=O)c1sc2ccccc2c1Cl. The zero-order valence-corrected chi connectivity index (χ0v) is 17.1. The number of hydrogen-bond acceptors (Lipinski definition) is 3. The predicted molar refractivity (Wildman–Crippen MR) is 119 cm³/mol. The van der Waals surface area contributed by atoms with Crippen molar-refractivity contribution in [3.63, 3.8) is 0 Å². The summed E-state index contributed by atoms with van der Waals surface area (Å²) in [6.07, 6.45) is 0. The molecule has 0 saturated heterocycles. The first-order valence-corrected chi connectivity index (χ1v) is 10.1. The second-order valence-corrected chi connectivity index (χ2v) is 8.08. The van der Waals surface area contributed by atoms with E-state index in [-0.39, 0.29) is 11.3 Å². The molecule has 0 radical (unpaired) electrons. The van der Waals surface area contributed by atoms with Crippen molar-refractivity contribution in [3.05, 3.63) is 87.2 Å². The van der Waals surface area contributed by atoms with Gasteiger partial charge >= 0.3 is 5.97 Å². The highest BCUT2D eigenvalue weighted by molar-refractivity contribution is 7.21. The molecule has 0 aliphatic heterocycles. The van der Waals surface area contributed by atoms with Gasteiger partial charge in [-0.25, -0.2) is 4.79 Å². The number of anilines is 1. The van der Waals surface area contributed by atoms with E-state index in [0.29, 0.717) is 20.5 Å². The Bertz CT molecular complexity index is 1270. The van der Waals surface area contributed by atoms with Gasteiger partial charge in [-0.3, -0.25) is 4.79 Å². The zero-order chi connectivity index (χ0) is 20.5. The number of carbonyl (C=O) groups is 2. The molecule has 1 aromatic heterocycles. The Morgan fingerprint density at radius 2 is 1.66 bits per heavy atom. The van der Waals surface area contributed by atoms with Gasteiger partial charge in [-0.15, -0.1) is 11.3 Å². The normalized spacial score (nSPS) is 10.8. The van der Waals surface area contributed by atoms with Gasteiger partial charge in [0.15, 0.2) is 0 Å². The predicted octanol–water partition coefficient (Wildman–Crippen LogP) is 6.83. The fraction of sp³-hybridized carbons (Fsp3) is 0. The monoisotopic (exact) mass is 441 g/mol. The van der Waals surface area contributed by atoms with E-state index in [1.807, 2.05) is 42.5 Å². The molecular formula is C22H13Cl2NO3S. The van der Waals surface area contributed by atoms with Crippen LogP contribution in [0.2, 0.25) is 10.0 Å². The average molecular weight is 442 g/mol. The van der Waals surface area contributed by atoms with Gasteiger partial charge in [-0.05, 0) is 29.8 Å². The van der Waals surface area contributed by atoms with Crippen LogP contribution in [-0.4, -0.2) is 17.0 Å². The molecule has 0 atom stereocenters. The van der Waals surface area contributed by atoms with Crippen LogP contribution in [0.25, 0.3) is 21.2 Å².